The van der Waals surface area contributed by atoms with Gasteiger partial charge in [-0.1, -0.05) is 30.3 Å². The maximum absolute atomic E-state index is 13.2. The van der Waals surface area contributed by atoms with Crippen molar-refractivity contribution in [3.63, 3.8) is 0 Å². The summed E-state index contributed by atoms with van der Waals surface area (Å²) >= 11 is 0. The van der Waals surface area contributed by atoms with E-state index in [1.165, 1.54) is 17.7 Å². The minimum Gasteiger partial charge on any atom is -0.489 e. The second kappa shape index (κ2) is 7.06. The second-order valence-corrected chi connectivity index (χ2v) is 4.87. The third-order valence-corrected chi connectivity index (χ3v) is 3.23. The second-order valence-electron chi connectivity index (χ2n) is 4.87. The summed E-state index contributed by atoms with van der Waals surface area (Å²) in [6, 6.07) is 12.9. The SMILES string of the molecule is CNCCc1ccc(COc2cc(F)ccc2C)cc1. The van der Waals surface area contributed by atoms with E-state index >= 15 is 0 Å². The number of benzene rings is 2. The molecule has 20 heavy (non-hydrogen) atoms. The molecule has 0 heterocycles. The molecule has 2 nitrogen and oxygen atoms in total. The van der Waals surface area contributed by atoms with Crippen LogP contribution in [0.25, 0.3) is 0 Å². The third-order valence-electron chi connectivity index (χ3n) is 3.23. The van der Waals surface area contributed by atoms with Crippen LogP contribution in [0.2, 0.25) is 0 Å². The zero-order valence-corrected chi connectivity index (χ0v) is 11.9. The number of aryl methyl sites for hydroxylation is 1. The van der Waals surface area contributed by atoms with E-state index in [0.717, 1.165) is 24.1 Å². The molecular weight excluding hydrogens is 253 g/mol. The minimum absolute atomic E-state index is 0.270. The van der Waals surface area contributed by atoms with Crippen LogP contribution in [-0.2, 0) is 13.0 Å². The minimum atomic E-state index is -0.270. The molecule has 0 atom stereocenters. The molecule has 0 radical (unpaired) electrons. The lowest BCUT2D eigenvalue weighted by Crippen LogP contribution is -2.10. The monoisotopic (exact) mass is 273 g/mol. The molecule has 106 valence electrons. The van der Waals surface area contributed by atoms with Gasteiger partial charge in [0.15, 0.2) is 0 Å². The van der Waals surface area contributed by atoms with Crippen molar-refractivity contribution in [2.45, 2.75) is 20.0 Å². The number of halogens is 1. The Labute approximate surface area is 119 Å². The summed E-state index contributed by atoms with van der Waals surface area (Å²) in [5.74, 6) is 0.331. The molecular formula is C17H20FNO. The Balaban J connectivity index is 1.95. The largest absolute Gasteiger partial charge is 0.489 e. The van der Waals surface area contributed by atoms with Crippen molar-refractivity contribution in [3.05, 3.63) is 65.0 Å². The highest BCUT2D eigenvalue weighted by atomic mass is 19.1. The standard InChI is InChI=1S/C17H20FNO/c1-13-3-8-16(18)11-17(13)20-12-15-6-4-14(5-7-15)9-10-19-2/h3-8,11,19H,9-10,12H2,1-2H3. The van der Waals surface area contributed by atoms with E-state index in [0.29, 0.717) is 12.4 Å². The Morgan fingerprint density at radius 3 is 2.45 bits per heavy atom. The van der Waals surface area contributed by atoms with Crippen LogP contribution in [-0.4, -0.2) is 13.6 Å². The van der Waals surface area contributed by atoms with Crippen LogP contribution in [0.5, 0.6) is 5.75 Å². The van der Waals surface area contributed by atoms with E-state index in [4.69, 9.17) is 4.74 Å². The first kappa shape index (κ1) is 14.5. The van der Waals surface area contributed by atoms with E-state index in [-0.39, 0.29) is 5.82 Å². The van der Waals surface area contributed by atoms with Gasteiger partial charge >= 0.3 is 0 Å². The molecule has 0 aliphatic rings. The maximum atomic E-state index is 13.2. The van der Waals surface area contributed by atoms with Crippen LogP contribution in [0, 0.1) is 12.7 Å². The molecule has 0 amide bonds. The fourth-order valence-electron chi connectivity index (χ4n) is 1.96. The van der Waals surface area contributed by atoms with Crippen molar-refractivity contribution in [1.29, 1.82) is 0 Å². The predicted octanol–water partition coefficient (Wildman–Crippen LogP) is 3.48. The number of ether oxygens (including phenoxy) is 1. The summed E-state index contributed by atoms with van der Waals surface area (Å²) in [4.78, 5) is 0. The normalized spacial score (nSPS) is 10.6. The van der Waals surface area contributed by atoms with Gasteiger partial charge in [-0.15, -0.1) is 0 Å². The highest BCUT2D eigenvalue weighted by Crippen LogP contribution is 2.20. The third kappa shape index (κ3) is 4.07. The molecule has 0 aliphatic heterocycles. The van der Waals surface area contributed by atoms with E-state index in [2.05, 4.69) is 29.6 Å². The van der Waals surface area contributed by atoms with Crippen LogP contribution in [0.1, 0.15) is 16.7 Å². The van der Waals surface area contributed by atoms with E-state index in [9.17, 15) is 4.39 Å². The Bertz CT molecular complexity index is 551. The van der Waals surface area contributed by atoms with Gasteiger partial charge in [-0.05, 0) is 49.7 Å². The number of nitrogens with one attached hydrogen (secondary N) is 1. The molecule has 0 saturated heterocycles. The Morgan fingerprint density at radius 2 is 1.75 bits per heavy atom. The number of hydrogen-bond donors (Lipinski definition) is 1. The first-order valence-corrected chi connectivity index (χ1v) is 6.80. The number of hydrogen-bond acceptors (Lipinski definition) is 2. The van der Waals surface area contributed by atoms with Crippen molar-refractivity contribution in [2.24, 2.45) is 0 Å². The Morgan fingerprint density at radius 1 is 1.05 bits per heavy atom. The molecule has 0 fully saturated rings. The van der Waals surface area contributed by atoms with Gasteiger partial charge in [0, 0.05) is 6.07 Å². The first-order chi connectivity index (χ1) is 9.69. The van der Waals surface area contributed by atoms with Gasteiger partial charge in [-0.2, -0.15) is 0 Å². The molecule has 0 aromatic heterocycles. The van der Waals surface area contributed by atoms with Gasteiger partial charge in [-0.3, -0.25) is 0 Å². The van der Waals surface area contributed by atoms with E-state index in [1.807, 2.05) is 14.0 Å². The molecule has 0 unspecified atom stereocenters. The fraction of sp³-hybridized carbons (Fsp3) is 0.294. The van der Waals surface area contributed by atoms with Crippen LogP contribution in [0.3, 0.4) is 0 Å². The summed E-state index contributed by atoms with van der Waals surface area (Å²) in [5.41, 5.74) is 3.32. The molecule has 0 spiro atoms. The fourth-order valence-corrected chi connectivity index (χ4v) is 1.96. The molecule has 2 rings (SSSR count). The van der Waals surface area contributed by atoms with Crippen LogP contribution in [0.4, 0.5) is 4.39 Å². The molecule has 0 aliphatic carbocycles. The average molecular weight is 273 g/mol. The highest BCUT2D eigenvalue weighted by molar-refractivity contribution is 5.33. The highest BCUT2D eigenvalue weighted by Gasteiger charge is 2.02. The van der Waals surface area contributed by atoms with Crippen molar-refractivity contribution in [1.82, 2.24) is 5.32 Å². The topological polar surface area (TPSA) is 21.3 Å². The van der Waals surface area contributed by atoms with E-state index in [1.54, 1.807) is 6.07 Å². The smallest absolute Gasteiger partial charge is 0.126 e. The van der Waals surface area contributed by atoms with Crippen LogP contribution >= 0.6 is 0 Å². The molecule has 2 aromatic carbocycles. The van der Waals surface area contributed by atoms with Gasteiger partial charge in [-0.25, -0.2) is 4.39 Å². The molecule has 2 aromatic rings. The lowest BCUT2D eigenvalue weighted by molar-refractivity contribution is 0.302. The summed E-state index contributed by atoms with van der Waals surface area (Å²) in [5, 5.41) is 3.13. The zero-order valence-electron chi connectivity index (χ0n) is 11.9. The summed E-state index contributed by atoms with van der Waals surface area (Å²) in [6.45, 7) is 3.34. The predicted molar refractivity (Wildman–Crippen MR) is 79.5 cm³/mol. The van der Waals surface area contributed by atoms with Crippen LogP contribution < -0.4 is 10.1 Å². The lowest BCUT2D eigenvalue weighted by Gasteiger charge is -2.10. The van der Waals surface area contributed by atoms with Crippen molar-refractivity contribution in [3.8, 4) is 5.75 Å². The Kier molecular flexibility index (Phi) is 5.13. The first-order valence-electron chi connectivity index (χ1n) is 6.80. The maximum Gasteiger partial charge on any atom is 0.126 e. The van der Waals surface area contributed by atoms with Crippen molar-refractivity contribution >= 4 is 0 Å². The van der Waals surface area contributed by atoms with E-state index < -0.39 is 0 Å². The van der Waals surface area contributed by atoms with Gasteiger partial charge < -0.3 is 10.1 Å². The average Bonchev–Trinajstić information content (AvgIpc) is 2.47. The van der Waals surface area contributed by atoms with Crippen molar-refractivity contribution < 1.29 is 9.13 Å². The van der Waals surface area contributed by atoms with Gasteiger partial charge in [0.2, 0.25) is 0 Å². The van der Waals surface area contributed by atoms with Crippen molar-refractivity contribution in [2.75, 3.05) is 13.6 Å². The van der Waals surface area contributed by atoms with Gasteiger partial charge in [0.1, 0.15) is 18.2 Å². The summed E-state index contributed by atoms with van der Waals surface area (Å²) < 4.78 is 18.8. The van der Waals surface area contributed by atoms with Gasteiger partial charge in [0.25, 0.3) is 0 Å². The van der Waals surface area contributed by atoms with Crippen LogP contribution in [0.15, 0.2) is 42.5 Å². The molecule has 0 saturated carbocycles. The summed E-state index contributed by atoms with van der Waals surface area (Å²) in [6.07, 6.45) is 1.01. The molecule has 3 heteroatoms. The zero-order chi connectivity index (χ0) is 14.4. The summed E-state index contributed by atoms with van der Waals surface area (Å²) in [7, 11) is 1.95. The van der Waals surface area contributed by atoms with Gasteiger partial charge in [0.05, 0.1) is 0 Å². The quantitative estimate of drug-likeness (QED) is 0.870. The molecule has 1 N–H and O–H groups in total. The number of likely N-dealkylation sites (N-methyl/N-ethyl adjacent to an activating group) is 1. The molecule has 0 bridgehead atoms. The Hall–Kier alpha value is -1.87. The lowest BCUT2D eigenvalue weighted by atomic mass is 10.1. The number of rotatable bonds is 6.